The summed E-state index contributed by atoms with van der Waals surface area (Å²) < 4.78 is 15.9. The van der Waals surface area contributed by atoms with Gasteiger partial charge in [-0.2, -0.15) is 0 Å². The number of hydrogen-bond donors (Lipinski definition) is 0. The number of esters is 3. The van der Waals surface area contributed by atoms with Gasteiger partial charge in [-0.15, -0.1) is 0 Å². The Hall–Kier alpha value is -2.37. The number of ether oxygens (including phenoxy) is 3. The van der Waals surface area contributed by atoms with Crippen LogP contribution < -0.4 is 0 Å². The highest BCUT2D eigenvalue weighted by molar-refractivity contribution is 5.89. The molecule has 0 aromatic carbocycles. The van der Waals surface area contributed by atoms with Gasteiger partial charge in [0.2, 0.25) is 0 Å². The number of carbonyl (C=O) groups excluding carboxylic acids is 3. The van der Waals surface area contributed by atoms with E-state index in [2.05, 4.69) is 19.7 Å². The minimum atomic E-state index is -1.84. The summed E-state index contributed by atoms with van der Waals surface area (Å²) in [6, 6.07) is 0. The molecule has 0 aromatic heterocycles. The highest BCUT2D eigenvalue weighted by Gasteiger charge is 2.51. The summed E-state index contributed by atoms with van der Waals surface area (Å²) in [5.41, 5.74) is -0.517. The molecule has 0 aliphatic heterocycles. The van der Waals surface area contributed by atoms with Crippen LogP contribution in [0.25, 0.3) is 0 Å². The van der Waals surface area contributed by atoms with Gasteiger partial charge in [-0.1, -0.05) is 40.5 Å². The zero-order chi connectivity index (χ0) is 19.3. The molecule has 0 N–H and O–H groups in total. The molecule has 0 aromatic rings. The Balaban J connectivity index is 5.84. The van der Waals surface area contributed by atoms with Crippen molar-refractivity contribution in [2.45, 2.75) is 47.3 Å². The first-order chi connectivity index (χ1) is 10.7. The van der Waals surface area contributed by atoms with Gasteiger partial charge >= 0.3 is 17.9 Å². The Labute approximate surface area is 143 Å². The Bertz CT molecular complexity index is 549. The first kappa shape index (κ1) is 21.6. The van der Waals surface area contributed by atoms with Crippen LogP contribution in [-0.4, -0.2) is 30.3 Å². The molecule has 0 heterocycles. The monoisotopic (exact) mass is 338 g/mol. The van der Waals surface area contributed by atoms with Crippen molar-refractivity contribution in [3.63, 3.8) is 0 Å². The van der Waals surface area contributed by atoms with E-state index in [0.29, 0.717) is 0 Å². The summed E-state index contributed by atoms with van der Waals surface area (Å²) in [5, 5.41) is 0. The van der Waals surface area contributed by atoms with Crippen LogP contribution in [0.2, 0.25) is 0 Å². The smallest absolute Gasteiger partial charge is 0.336 e. The van der Waals surface area contributed by atoms with Crippen LogP contribution in [0.1, 0.15) is 41.5 Å². The van der Waals surface area contributed by atoms with E-state index in [1.165, 1.54) is 20.8 Å². The van der Waals surface area contributed by atoms with Gasteiger partial charge in [0.05, 0.1) is 0 Å². The molecule has 6 heteroatoms. The summed E-state index contributed by atoms with van der Waals surface area (Å²) in [6.45, 7) is 19.4. The molecule has 134 valence electrons. The van der Waals surface area contributed by atoms with Crippen LogP contribution in [0.15, 0.2) is 36.5 Å². The molecule has 6 nitrogen and oxygen atoms in total. The lowest BCUT2D eigenvalue weighted by Gasteiger charge is -2.41. The van der Waals surface area contributed by atoms with Crippen molar-refractivity contribution < 1.29 is 28.6 Å². The van der Waals surface area contributed by atoms with Crippen molar-refractivity contribution in [1.82, 2.24) is 0 Å². The van der Waals surface area contributed by atoms with Gasteiger partial charge in [-0.25, -0.2) is 14.4 Å². The summed E-state index contributed by atoms with van der Waals surface area (Å²) in [5.74, 6) is -4.08. The molecule has 0 unspecified atom stereocenters. The van der Waals surface area contributed by atoms with Crippen molar-refractivity contribution in [3.05, 3.63) is 36.5 Å². The predicted octanol–water partition coefficient (Wildman–Crippen LogP) is 3.09. The topological polar surface area (TPSA) is 78.9 Å². The molecule has 0 aliphatic rings. The average molecular weight is 338 g/mol. The van der Waals surface area contributed by atoms with Gasteiger partial charge < -0.3 is 14.2 Å². The summed E-state index contributed by atoms with van der Waals surface area (Å²) >= 11 is 0. The molecule has 0 bridgehead atoms. The molecule has 0 spiro atoms. The molecule has 0 rings (SSSR count). The lowest BCUT2D eigenvalue weighted by Crippen LogP contribution is -2.54. The summed E-state index contributed by atoms with van der Waals surface area (Å²) in [6.07, 6.45) is 0. The SMILES string of the molecule is C=C(C)C(=O)OCC(OC(=O)C(=C)C)(OC(=O)C(=C)C)C(C)(C)C. The van der Waals surface area contributed by atoms with Crippen molar-refractivity contribution >= 4 is 17.9 Å². The quantitative estimate of drug-likeness (QED) is 0.403. The summed E-state index contributed by atoms with van der Waals surface area (Å²) in [4.78, 5) is 35.8. The highest BCUT2D eigenvalue weighted by atomic mass is 16.8. The van der Waals surface area contributed by atoms with Gasteiger partial charge in [0.15, 0.2) is 6.61 Å². The Morgan fingerprint density at radius 2 is 1.08 bits per heavy atom. The van der Waals surface area contributed by atoms with E-state index < -0.39 is 35.7 Å². The van der Waals surface area contributed by atoms with E-state index in [-0.39, 0.29) is 16.7 Å². The highest BCUT2D eigenvalue weighted by Crippen LogP contribution is 2.37. The third-order valence-corrected chi connectivity index (χ3v) is 3.10. The summed E-state index contributed by atoms with van der Waals surface area (Å²) in [7, 11) is 0. The van der Waals surface area contributed by atoms with Crippen LogP contribution >= 0.6 is 0 Å². The van der Waals surface area contributed by atoms with Gasteiger partial charge in [-0.3, -0.25) is 0 Å². The van der Waals surface area contributed by atoms with Gasteiger partial charge in [-0.05, 0) is 20.8 Å². The second-order valence-electron chi connectivity index (χ2n) is 6.70. The van der Waals surface area contributed by atoms with E-state index >= 15 is 0 Å². The first-order valence-electron chi connectivity index (χ1n) is 7.34. The van der Waals surface area contributed by atoms with Crippen LogP contribution in [0.4, 0.5) is 0 Å². The molecule has 24 heavy (non-hydrogen) atoms. The van der Waals surface area contributed by atoms with Crippen LogP contribution in [0.3, 0.4) is 0 Å². The van der Waals surface area contributed by atoms with Crippen LogP contribution in [-0.2, 0) is 28.6 Å². The van der Waals surface area contributed by atoms with E-state index in [1.807, 2.05) is 0 Å². The fourth-order valence-electron chi connectivity index (χ4n) is 1.36. The Morgan fingerprint density at radius 1 is 0.750 bits per heavy atom. The lowest BCUT2D eigenvalue weighted by atomic mass is 9.85. The standard InChI is InChI=1S/C18H26O6/c1-11(2)14(19)22-10-18(17(7,8)9,23-15(20)12(3)4)24-16(21)13(5)6/h1,3,5,10H2,2,4,6-9H3. The molecule has 0 saturated heterocycles. The molecular weight excluding hydrogens is 312 g/mol. The maximum absolute atomic E-state index is 12.0. The lowest BCUT2D eigenvalue weighted by molar-refractivity contribution is -0.275. The minimum absolute atomic E-state index is 0.112. The maximum Gasteiger partial charge on any atom is 0.336 e. The van der Waals surface area contributed by atoms with Crippen LogP contribution in [0, 0.1) is 5.41 Å². The number of hydrogen-bond acceptors (Lipinski definition) is 6. The fourth-order valence-corrected chi connectivity index (χ4v) is 1.36. The predicted molar refractivity (Wildman–Crippen MR) is 89.8 cm³/mol. The molecule has 0 atom stereocenters. The number of carbonyl (C=O) groups is 3. The molecule has 0 saturated carbocycles. The molecule has 0 fully saturated rings. The van der Waals surface area contributed by atoms with Gasteiger partial charge in [0, 0.05) is 22.1 Å². The number of rotatable bonds is 7. The van der Waals surface area contributed by atoms with E-state index in [0.717, 1.165) is 0 Å². The van der Waals surface area contributed by atoms with E-state index in [1.54, 1.807) is 20.8 Å². The van der Waals surface area contributed by atoms with Crippen molar-refractivity contribution in [2.24, 2.45) is 5.41 Å². The molecule has 0 aliphatic carbocycles. The Kier molecular flexibility index (Phi) is 7.16. The van der Waals surface area contributed by atoms with Gasteiger partial charge in [0.1, 0.15) is 0 Å². The van der Waals surface area contributed by atoms with Crippen LogP contribution in [0.5, 0.6) is 0 Å². The zero-order valence-corrected chi connectivity index (χ0v) is 15.3. The van der Waals surface area contributed by atoms with Crippen molar-refractivity contribution in [2.75, 3.05) is 6.61 Å². The van der Waals surface area contributed by atoms with Gasteiger partial charge in [0.25, 0.3) is 5.79 Å². The normalized spacial score (nSPS) is 11.2. The van der Waals surface area contributed by atoms with E-state index in [9.17, 15) is 14.4 Å². The molecule has 0 amide bonds. The van der Waals surface area contributed by atoms with Crippen molar-refractivity contribution in [1.29, 1.82) is 0 Å². The minimum Gasteiger partial charge on any atom is -0.454 e. The van der Waals surface area contributed by atoms with E-state index in [4.69, 9.17) is 14.2 Å². The molecular formula is C18H26O6. The largest absolute Gasteiger partial charge is 0.454 e. The average Bonchev–Trinajstić information content (AvgIpc) is 2.42. The maximum atomic E-state index is 12.0. The second-order valence-corrected chi connectivity index (χ2v) is 6.70. The first-order valence-corrected chi connectivity index (χ1v) is 7.34. The third-order valence-electron chi connectivity index (χ3n) is 3.10. The third kappa shape index (κ3) is 5.68. The van der Waals surface area contributed by atoms with Crippen molar-refractivity contribution in [3.8, 4) is 0 Å². The fraction of sp³-hybridized carbons (Fsp3) is 0.500. The Morgan fingerprint density at radius 3 is 1.33 bits per heavy atom. The molecule has 0 radical (unpaired) electrons. The second kappa shape index (κ2) is 7.95. The zero-order valence-electron chi connectivity index (χ0n) is 15.3.